The second-order valence-electron chi connectivity index (χ2n) is 3.66. The first-order chi connectivity index (χ1) is 7.83. The number of hydrogen-bond acceptors (Lipinski definition) is 4. The van der Waals surface area contributed by atoms with Gasteiger partial charge in [-0.3, -0.25) is 5.32 Å². The second-order valence-corrected chi connectivity index (χ2v) is 3.66. The summed E-state index contributed by atoms with van der Waals surface area (Å²) >= 11 is 0. The van der Waals surface area contributed by atoms with Crippen molar-refractivity contribution in [3.63, 3.8) is 0 Å². The van der Waals surface area contributed by atoms with Crippen LogP contribution in [0.2, 0.25) is 0 Å². The van der Waals surface area contributed by atoms with Gasteiger partial charge in [-0.2, -0.15) is 0 Å². The Kier molecular flexibility index (Phi) is 3.41. The van der Waals surface area contributed by atoms with E-state index in [0.717, 1.165) is 25.4 Å². The van der Waals surface area contributed by atoms with E-state index in [1.165, 1.54) is 0 Å². The third-order valence-electron chi connectivity index (χ3n) is 2.60. The predicted octanol–water partition coefficient (Wildman–Crippen LogP) is 1.23. The smallest absolute Gasteiger partial charge is 0.340 e. The Balaban J connectivity index is 2.26. The molecular weight excluding hydrogens is 204 g/mol. The molecular formula is C12H16N2O2. The predicted molar refractivity (Wildman–Crippen MR) is 62.6 cm³/mol. The van der Waals surface area contributed by atoms with Gasteiger partial charge in [0.2, 0.25) is 0 Å². The molecule has 1 aliphatic heterocycles. The van der Waals surface area contributed by atoms with Gasteiger partial charge in [-0.25, -0.2) is 4.79 Å². The second kappa shape index (κ2) is 4.99. The third kappa shape index (κ3) is 2.17. The van der Waals surface area contributed by atoms with Crippen LogP contribution >= 0.6 is 0 Å². The van der Waals surface area contributed by atoms with Crippen LogP contribution in [0.25, 0.3) is 0 Å². The van der Waals surface area contributed by atoms with Gasteiger partial charge in [-0.15, -0.1) is 0 Å². The Morgan fingerprint density at radius 2 is 2.31 bits per heavy atom. The average molecular weight is 220 g/mol. The number of rotatable bonds is 3. The summed E-state index contributed by atoms with van der Waals surface area (Å²) < 4.78 is 5.04. The van der Waals surface area contributed by atoms with Crippen molar-refractivity contribution < 1.29 is 9.53 Å². The molecule has 0 atom stereocenters. The minimum atomic E-state index is -0.245. The molecule has 4 heteroatoms. The summed E-state index contributed by atoms with van der Waals surface area (Å²) in [6.45, 7) is 4.90. The number of carbonyl (C=O) groups excluding carboxylic acids is 1. The molecule has 1 aliphatic rings. The standard InChI is InChI=1S/C12H16N2O2/c1-2-16-12(15)10-5-3-4-6-11(10)14-8-7-13-9-14/h3-6,13H,2,7-9H2,1H3. The molecule has 0 aromatic heterocycles. The van der Waals surface area contributed by atoms with Crippen LogP contribution in [0, 0.1) is 0 Å². The topological polar surface area (TPSA) is 41.6 Å². The first kappa shape index (κ1) is 11.0. The van der Waals surface area contributed by atoms with E-state index in [1.54, 1.807) is 0 Å². The molecule has 1 aromatic rings. The van der Waals surface area contributed by atoms with Gasteiger partial charge in [0, 0.05) is 13.1 Å². The van der Waals surface area contributed by atoms with Gasteiger partial charge in [0.15, 0.2) is 0 Å². The molecule has 1 aromatic carbocycles. The molecule has 0 radical (unpaired) electrons. The molecule has 1 saturated heterocycles. The van der Waals surface area contributed by atoms with E-state index in [-0.39, 0.29) is 5.97 Å². The molecule has 0 aliphatic carbocycles. The maximum Gasteiger partial charge on any atom is 0.340 e. The number of ether oxygens (including phenoxy) is 1. The van der Waals surface area contributed by atoms with Crippen molar-refractivity contribution in [2.45, 2.75) is 6.92 Å². The van der Waals surface area contributed by atoms with Crippen LogP contribution < -0.4 is 10.2 Å². The molecule has 2 rings (SSSR count). The third-order valence-corrected chi connectivity index (χ3v) is 2.60. The van der Waals surface area contributed by atoms with Crippen LogP contribution in [0.15, 0.2) is 24.3 Å². The summed E-state index contributed by atoms with van der Waals surface area (Å²) in [4.78, 5) is 13.9. The SMILES string of the molecule is CCOC(=O)c1ccccc1N1CCNC1. The van der Waals surface area contributed by atoms with Crippen molar-refractivity contribution in [3.05, 3.63) is 29.8 Å². The highest BCUT2D eigenvalue weighted by Crippen LogP contribution is 2.21. The van der Waals surface area contributed by atoms with Crippen LogP contribution in [-0.2, 0) is 4.74 Å². The number of hydrogen-bond donors (Lipinski definition) is 1. The Hall–Kier alpha value is -1.55. The number of nitrogens with one attached hydrogen (secondary N) is 1. The fourth-order valence-electron chi connectivity index (χ4n) is 1.84. The van der Waals surface area contributed by atoms with Crippen molar-refractivity contribution in [1.82, 2.24) is 5.32 Å². The van der Waals surface area contributed by atoms with Gasteiger partial charge < -0.3 is 9.64 Å². The van der Waals surface area contributed by atoms with Crippen LogP contribution in [0.1, 0.15) is 17.3 Å². The molecule has 0 bridgehead atoms. The summed E-state index contributed by atoms with van der Waals surface area (Å²) in [6.07, 6.45) is 0. The van der Waals surface area contributed by atoms with Gasteiger partial charge in [-0.05, 0) is 19.1 Å². The zero-order chi connectivity index (χ0) is 11.4. The van der Waals surface area contributed by atoms with E-state index in [2.05, 4.69) is 10.2 Å². The van der Waals surface area contributed by atoms with Gasteiger partial charge in [0.25, 0.3) is 0 Å². The van der Waals surface area contributed by atoms with Gasteiger partial charge >= 0.3 is 5.97 Å². The van der Waals surface area contributed by atoms with E-state index in [4.69, 9.17) is 4.74 Å². The molecule has 0 unspecified atom stereocenters. The van der Waals surface area contributed by atoms with E-state index in [1.807, 2.05) is 31.2 Å². The molecule has 16 heavy (non-hydrogen) atoms. The van der Waals surface area contributed by atoms with Crippen LogP contribution in [-0.4, -0.2) is 32.3 Å². The Labute approximate surface area is 95.2 Å². The van der Waals surface area contributed by atoms with E-state index >= 15 is 0 Å². The summed E-state index contributed by atoms with van der Waals surface area (Å²) in [6, 6.07) is 7.57. The van der Waals surface area contributed by atoms with Crippen LogP contribution in [0.4, 0.5) is 5.69 Å². The van der Waals surface area contributed by atoms with Crippen LogP contribution in [0.3, 0.4) is 0 Å². The van der Waals surface area contributed by atoms with Crippen molar-refractivity contribution in [3.8, 4) is 0 Å². The van der Waals surface area contributed by atoms with Crippen molar-refractivity contribution >= 4 is 11.7 Å². The largest absolute Gasteiger partial charge is 0.462 e. The lowest BCUT2D eigenvalue weighted by atomic mass is 10.1. The number of para-hydroxylation sites is 1. The van der Waals surface area contributed by atoms with E-state index < -0.39 is 0 Å². The van der Waals surface area contributed by atoms with Gasteiger partial charge in [-0.1, -0.05) is 12.1 Å². The maximum absolute atomic E-state index is 11.8. The molecule has 4 nitrogen and oxygen atoms in total. The quantitative estimate of drug-likeness (QED) is 0.778. The fraction of sp³-hybridized carbons (Fsp3) is 0.417. The molecule has 1 heterocycles. The lowest BCUT2D eigenvalue weighted by Gasteiger charge is -2.19. The van der Waals surface area contributed by atoms with E-state index in [0.29, 0.717) is 12.2 Å². The first-order valence-electron chi connectivity index (χ1n) is 5.54. The lowest BCUT2D eigenvalue weighted by Crippen LogP contribution is -2.23. The molecule has 0 saturated carbocycles. The van der Waals surface area contributed by atoms with Crippen molar-refractivity contribution in [2.75, 3.05) is 31.3 Å². The lowest BCUT2D eigenvalue weighted by molar-refractivity contribution is 0.0527. The number of esters is 1. The van der Waals surface area contributed by atoms with Crippen molar-refractivity contribution in [1.29, 1.82) is 0 Å². The highest BCUT2D eigenvalue weighted by molar-refractivity contribution is 5.95. The summed E-state index contributed by atoms with van der Waals surface area (Å²) in [5.41, 5.74) is 1.60. The Bertz CT molecular complexity index is 373. The zero-order valence-electron chi connectivity index (χ0n) is 9.40. The molecule has 1 N–H and O–H groups in total. The average Bonchev–Trinajstić information content (AvgIpc) is 2.83. The number of carbonyl (C=O) groups is 1. The Morgan fingerprint density at radius 3 is 3.00 bits per heavy atom. The van der Waals surface area contributed by atoms with Crippen LogP contribution in [0.5, 0.6) is 0 Å². The molecule has 0 amide bonds. The minimum absolute atomic E-state index is 0.245. The van der Waals surface area contributed by atoms with Gasteiger partial charge in [0.1, 0.15) is 0 Å². The first-order valence-corrected chi connectivity index (χ1v) is 5.54. The Morgan fingerprint density at radius 1 is 1.50 bits per heavy atom. The van der Waals surface area contributed by atoms with Gasteiger partial charge in [0.05, 0.1) is 24.5 Å². The highest BCUT2D eigenvalue weighted by atomic mass is 16.5. The zero-order valence-corrected chi connectivity index (χ0v) is 9.40. The minimum Gasteiger partial charge on any atom is -0.462 e. The number of benzene rings is 1. The molecule has 0 spiro atoms. The summed E-state index contributed by atoms with van der Waals surface area (Å²) in [5.74, 6) is -0.245. The maximum atomic E-state index is 11.8. The van der Waals surface area contributed by atoms with Crippen molar-refractivity contribution in [2.24, 2.45) is 0 Å². The number of anilines is 1. The highest BCUT2D eigenvalue weighted by Gasteiger charge is 2.19. The molecule has 86 valence electrons. The fourth-order valence-corrected chi connectivity index (χ4v) is 1.84. The number of nitrogens with zero attached hydrogens (tertiary/aromatic N) is 1. The summed E-state index contributed by atoms with van der Waals surface area (Å²) in [5, 5.41) is 3.24. The molecule has 1 fully saturated rings. The summed E-state index contributed by atoms with van der Waals surface area (Å²) in [7, 11) is 0. The monoisotopic (exact) mass is 220 g/mol. The normalized spacial score (nSPS) is 15.2. The van der Waals surface area contributed by atoms with E-state index in [9.17, 15) is 4.79 Å².